The molecule has 2 atom stereocenters. The largest absolute Gasteiger partial charge is 0.444 e. The van der Waals surface area contributed by atoms with Gasteiger partial charge in [-0.25, -0.2) is 10.7 Å². The van der Waals surface area contributed by atoms with Gasteiger partial charge in [-0.3, -0.25) is 0 Å². The lowest BCUT2D eigenvalue weighted by Crippen LogP contribution is -2.38. The molecule has 0 aliphatic carbocycles. The van der Waals surface area contributed by atoms with Crippen LogP contribution in [0.2, 0.25) is 0 Å². The molecule has 0 aromatic heterocycles. The van der Waals surface area contributed by atoms with Crippen LogP contribution in [0.1, 0.15) is 39.3 Å². The Bertz CT molecular complexity index is 415. The van der Waals surface area contributed by atoms with Gasteiger partial charge >= 0.3 is 6.09 Å². The van der Waals surface area contributed by atoms with E-state index in [1.54, 1.807) is 0 Å². The summed E-state index contributed by atoms with van der Waals surface area (Å²) in [6.07, 6.45) is -0.449. The highest BCUT2D eigenvalue weighted by molar-refractivity contribution is 5.68. The molecule has 0 bridgehead atoms. The van der Waals surface area contributed by atoms with E-state index in [1.165, 1.54) is 0 Å². The first-order chi connectivity index (χ1) is 9.33. The molecule has 112 valence electrons. The first kappa shape index (κ1) is 16.5. The van der Waals surface area contributed by atoms with Crippen molar-refractivity contribution in [3.63, 3.8) is 0 Å². The van der Waals surface area contributed by atoms with Crippen molar-refractivity contribution in [3.8, 4) is 0 Å². The molecule has 1 rings (SSSR count). The second-order valence-electron chi connectivity index (χ2n) is 5.85. The lowest BCUT2D eigenvalue weighted by Gasteiger charge is -2.27. The number of alkyl carbamates (subject to hydrolysis) is 1. The summed E-state index contributed by atoms with van der Waals surface area (Å²) < 4.78 is 5.30. The SMILES string of the molecule is CC(CON)C(NC(=O)OC(C)(C)C)c1ccccc1. The summed E-state index contributed by atoms with van der Waals surface area (Å²) in [6, 6.07) is 9.47. The summed E-state index contributed by atoms with van der Waals surface area (Å²) in [5, 5.41) is 2.88. The van der Waals surface area contributed by atoms with Crippen LogP contribution in [0.25, 0.3) is 0 Å². The molecular formula is C15H24N2O3. The predicted molar refractivity (Wildman–Crippen MR) is 77.9 cm³/mol. The summed E-state index contributed by atoms with van der Waals surface area (Å²) in [5.74, 6) is 5.16. The number of nitrogens with two attached hydrogens (primary N) is 1. The van der Waals surface area contributed by atoms with Crippen LogP contribution in [0.15, 0.2) is 30.3 Å². The van der Waals surface area contributed by atoms with Gasteiger partial charge in [-0.15, -0.1) is 0 Å². The van der Waals surface area contributed by atoms with Crippen LogP contribution in [0, 0.1) is 5.92 Å². The predicted octanol–water partition coefficient (Wildman–Crippen LogP) is 2.78. The molecule has 0 aliphatic rings. The Labute approximate surface area is 120 Å². The van der Waals surface area contributed by atoms with Crippen molar-refractivity contribution in [2.75, 3.05) is 6.61 Å². The molecule has 0 heterocycles. The van der Waals surface area contributed by atoms with Gasteiger partial charge in [0, 0.05) is 5.92 Å². The molecule has 1 aromatic carbocycles. The summed E-state index contributed by atoms with van der Waals surface area (Å²) >= 11 is 0. The molecule has 0 fully saturated rings. The van der Waals surface area contributed by atoms with Gasteiger partial charge in [0.25, 0.3) is 0 Å². The van der Waals surface area contributed by atoms with Crippen molar-refractivity contribution >= 4 is 6.09 Å². The Kier molecular flexibility index (Phi) is 5.98. The monoisotopic (exact) mass is 280 g/mol. The average Bonchev–Trinajstić information content (AvgIpc) is 2.35. The van der Waals surface area contributed by atoms with Gasteiger partial charge in [-0.05, 0) is 26.3 Å². The Morgan fingerprint density at radius 2 is 1.90 bits per heavy atom. The minimum Gasteiger partial charge on any atom is -0.444 e. The fourth-order valence-corrected chi connectivity index (χ4v) is 1.90. The maximum absolute atomic E-state index is 11.9. The van der Waals surface area contributed by atoms with Crippen LogP contribution >= 0.6 is 0 Å². The van der Waals surface area contributed by atoms with Gasteiger partial charge in [0.15, 0.2) is 0 Å². The third kappa shape index (κ3) is 5.59. The first-order valence-electron chi connectivity index (χ1n) is 6.69. The fraction of sp³-hybridized carbons (Fsp3) is 0.533. The summed E-state index contributed by atoms with van der Waals surface area (Å²) in [7, 11) is 0. The van der Waals surface area contributed by atoms with Gasteiger partial charge in [0.1, 0.15) is 5.60 Å². The molecular weight excluding hydrogens is 256 g/mol. The minimum absolute atomic E-state index is 0.0231. The van der Waals surface area contributed by atoms with Crippen molar-refractivity contribution < 1.29 is 14.4 Å². The topological polar surface area (TPSA) is 73.6 Å². The highest BCUT2D eigenvalue weighted by atomic mass is 16.6. The normalized spacial score (nSPS) is 14.4. The van der Waals surface area contributed by atoms with E-state index in [-0.39, 0.29) is 12.0 Å². The number of ether oxygens (including phenoxy) is 1. The number of rotatable bonds is 5. The van der Waals surface area contributed by atoms with Gasteiger partial charge in [0.2, 0.25) is 0 Å². The van der Waals surface area contributed by atoms with Gasteiger partial charge < -0.3 is 14.9 Å². The van der Waals surface area contributed by atoms with Crippen LogP contribution in [-0.2, 0) is 9.57 Å². The summed E-state index contributed by atoms with van der Waals surface area (Å²) in [4.78, 5) is 16.6. The van der Waals surface area contributed by atoms with E-state index in [4.69, 9.17) is 15.5 Å². The van der Waals surface area contributed by atoms with E-state index in [0.717, 1.165) is 5.56 Å². The van der Waals surface area contributed by atoms with Crippen molar-refractivity contribution in [1.29, 1.82) is 0 Å². The third-order valence-electron chi connectivity index (χ3n) is 2.76. The van der Waals surface area contributed by atoms with Gasteiger partial charge in [-0.1, -0.05) is 37.3 Å². The maximum Gasteiger partial charge on any atom is 0.408 e. The number of hydrogen-bond acceptors (Lipinski definition) is 4. The van der Waals surface area contributed by atoms with Crippen LogP contribution in [-0.4, -0.2) is 18.3 Å². The molecule has 5 nitrogen and oxygen atoms in total. The zero-order chi connectivity index (χ0) is 15.2. The number of hydrogen-bond donors (Lipinski definition) is 2. The molecule has 0 radical (unpaired) electrons. The molecule has 20 heavy (non-hydrogen) atoms. The van der Waals surface area contributed by atoms with E-state index in [9.17, 15) is 4.79 Å². The summed E-state index contributed by atoms with van der Waals surface area (Å²) in [5.41, 5.74) is 0.460. The quantitative estimate of drug-likeness (QED) is 0.813. The van der Waals surface area contributed by atoms with Crippen molar-refractivity contribution in [2.24, 2.45) is 11.8 Å². The smallest absolute Gasteiger partial charge is 0.408 e. The number of benzene rings is 1. The average molecular weight is 280 g/mol. The van der Waals surface area contributed by atoms with Crippen molar-refractivity contribution in [1.82, 2.24) is 5.32 Å². The standard InChI is InChI=1S/C15H24N2O3/c1-11(10-19-16)13(12-8-6-5-7-9-12)17-14(18)20-15(2,3)4/h5-9,11,13H,10,16H2,1-4H3,(H,17,18). The van der Waals surface area contributed by atoms with Gasteiger partial charge in [-0.2, -0.15) is 0 Å². The molecule has 1 amide bonds. The molecule has 0 saturated carbocycles. The van der Waals surface area contributed by atoms with Crippen LogP contribution < -0.4 is 11.2 Å². The second-order valence-corrected chi connectivity index (χ2v) is 5.85. The molecule has 0 spiro atoms. The number of amides is 1. The van der Waals surface area contributed by atoms with Crippen molar-refractivity contribution in [3.05, 3.63) is 35.9 Å². The van der Waals surface area contributed by atoms with E-state index in [1.807, 2.05) is 58.0 Å². The lowest BCUT2D eigenvalue weighted by molar-refractivity contribution is 0.0439. The second kappa shape index (κ2) is 7.26. The first-order valence-corrected chi connectivity index (χ1v) is 6.69. The number of nitrogens with one attached hydrogen (secondary N) is 1. The Morgan fingerprint density at radius 3 is 2.40 bits per heavy atom. The zero-order valence-corrected chi connectivity index (χ0v) is 12.6. The highest BCUT2D eigenvalue weighted by Crippen LogP contribution is 2.22. The Balaban J connectivity index is 2.81. The molecule has 0 aliphatic heterocycles. The fourth-order valence-electron chi connectivity index (χ4n) is 1.90. The molecule has 5 heteroatoms. The molecule has 3 N–H and O–H groups in total. The van der Waals surface area contributed by atoms with E-state index >= 15 is 0 Å². The molecule has 0 saturated heterocycles. The van der Waals surface area contributed by atoms with Crippen LogP contribution in [0.5, 0.6) is 0 Å². The Hall–Kier alpha value is -1.59. The highest BCUT2D eigenvalue weighted by Gasteiger charge is 2.24. The minimum atomic E-state index is -0.529. The summed E-state index contributed by atoms with van der Waals surface area (Å²) in [6.45, 7) is 7.79. The van der Waals surface area contributed by atoms with Gasteiger partial charge in [0.05, 0.1) is 12.6 Å². The van der Waals surface area contributed by atoms with Crippen LogP contribution in [0.3, 0.4) is 0 Å². The molecule has 2 unspecified atom stereocenters. The Morgan fingerprint density at radius 1 is 1.30 bits per heavy atom. The van der Waals surface area contributed by atoms with Crippen LogP contribution in [0.4, 0.5) is 4.79 Å². The molecule has 1 aromatic rings. The van der Waals surface area contributed by atoms with Crippen molar-refractivity contribution in [2.45, 2.75) is 39.3 Å². The van der Waals surface area contributed by atoms with E-state index in [0.29, 0.717) is 6.61 Å². The third-order valence-corrected chi connectivity index (χ3v) is 2.76. The lowest BCUT2D eigenvalue weighted by atomic mass is 9.95. The van der Waals surface area contributed by atoms with E-state index in [2.05, 4.69) is 5.32 Å². The van der Waals surface area contributed by atoms with E-state index < -0.39 is 11.7 Å². The maximum atomic E-state index is 11.9. The number of carbonyl (C=O) groups is 1. The number of carbonyl (C=O) groups excluding carboxylic acids is 1. The zero-order valence-electron chi connectivity index (χ0n) is 12.6.